The van der Waals surface area contributed by atoms with Crippen molar-refractivity contribution in [3.63, 3.8) is 0 Å². The van der Waals surface area contributed by atoms with Gasteiger partial charge < -0.3 is 15.0 Å². The number of amides is 2. The van der Waals surface area contributed by atoms with E-state index in [0.29, 0.717) is 26.3 Å². The predicted octanol–water partition coefficient (Wildman–Crippen LogP) is 2.47. The number of anilines is 1. The van der Waals surface area contributed by atoms with Crippen molar-refractivity contribution in [3.05, 3.63) is 65.7 Å². The molecule has 1 atom stereocenters. The minimum absolute atomic E-state index is 0.00914. The van der Waals surface area contributed by atoms with Gasteiger partial charge in [-0.1, -0.05) is 48.0 Å². The van der Waals surface area contributed by atoms with Gasteiger partial charge in [0.2, 0.25) is 11.8 Å². The zero-order valence-electron chi connectivity index (χ0n) is 16.4. The number of benzene rings is 2. The number of hydrogen-bond donors (Lipinski definition) is 1. The van der Waals surface area contributed by atoms with E-state index in [-0.39, 0.29) is 18.4 Å². The van der Waals surface area contributed by atoms with Crippen LogP contribution in [0, 0.1) is 6.92 Å². The molecular formula is C22H27N3O3. The predicted molar refractivity (Wildman–Crippen MR) is 109 cm³/mol. The summed E-state index contributed by atoms with van der Waals surface area (Å²) in [6, 6.07) is 16.7. The first-order valence-corrected chi connectivity index (χ1v) is 9.53. The van der Waals surface area contributed by atoms with E-state index in [2.05, 4.69) is 5.32 Å². The van der Waals surface area contributed by atoms with Crippen LogP contribution in [0.1, 0.15) is 17.2 Å². The number of likely N-dealkylation sites (N-methyl/N-ethyl adjacent to an activating group) is 1. The number of carbonyl (C=O) groups is 2. The second-order valence-electron chi connectivity index (χ2n) is 7.08. The van der Waals surface area contributed by atoms with Crippen LogP contribution in [-0.2, 0) is 14.3 Å². The van der Waals surface area contributed by atoms with Gasteiger partial charge in [-0.05, 0) is 31.7 Å². The molecule has 1 aliphatic rings. The average Bonchev–Trinajstić information content (AvgIpc) is 2.71. The molecule has 2 aromatic rings. The molecule has 1 N–H and O–H groups in total. The van der Waals surface area contributed by atoms with Crippen LogP contribution < -0.4 is 5.32 Å². The Kier molecular flexibility index (Phi) is 6.79. The van der Waals surface area contributed by atoms with Crippen LogP contribution in [0.2, 0.25) is 0 Å². The number of hydrogen-bond acceptors (Lipinski definition) is 4. The van der Waals surface area contributed by atoms with Gasteiger partial charge in [0.1, 0.15) is 6.04 Å². The van der Waals surface area contributed by atoms with Crippen molar-refractivity contribution in [2.24, 2.45) is 0 Å². The molecule has 1 heterocycles. The Balaban J connectivity index is 1.75. The van der Waals surface area contributed by atoms with E-state index in [1.54, 1.807) is 9.80 Å². The van der Waals surface area contributed by atoms with Crippen molar-refractivity contribution >= 4 is 17.5 Å². The average molecular weight is 381 g/mol. The third kappa shape index (κ3) is 5.18. The van der Waals surface area contributed by atoms with E-state index in [4.69, 9.17) is 4.74 Å². The van der Waals surface area contributed by atoms with Gasteiger partial charge in [0.15, 0.2) is 0 Å². The Morgan fingerprint density at radius 3 is 2.36 bits per heavy atom. The number of aryl methyl sites for hydroxylation is 1. The second-order valence-corrected chi connectivity index (χ2v) is 7.08. The molecule has 0 saturated carbocycles. The highest BCUT2D eigenvalue weighted by molar-refractivity contribution is 5.96. The molecule has 0 aromatic heterocycles. The van der Waals surface area contributed by atoms with Crippen LogP contribution in [0.25, 0.3) is 0 Å². The first kappa shape index (κ1) is 20.0. The first-order valence-electron chi connectivity index (χ1n) is 9.53. The van der Waals surface area contributed by atoms with Crippen molar-refractivity contribution in [2.75, 3.05) is 45.2 Å². The lowest BCUT2D eigenvalue weighted by atomic mass is 10.0. The quantitative estimate of drug-likeness (QED) is 0.835. The minimum Gasteiger partial charge on any atom is -0.378 e. The van der Waals surface area contributed by atoms with Crippen LogP contribution in [0.5, 0.6) is 0 Å². The highest BCUT2D eigenvalue weighted by Gasteiger charge is 2.28. The molecule has 1 fully saturated rings. The number of morpholine rings is 1. The molecule has 0 unspecified atom stereocenters. The fraction of sp³-hybridized carbons (Fsp3) is 0.364. The van der Waals surface area contributed by atoms with Gasteiger partial charge in [-0.3, -0.25) is 14.5 Å². The molecule has 0 aliphatic carbocycles. The lowest BCUT2D eigenvalue weighted by Crippen LogP contribution is -2.47. The lowest BCUT2D eigenvalue weighted by Gasteiger charge is -2.31. The summed E-state index contributed by atoms with van der Waals surface area (Å²) in [6.07, 6.45) is 0. The third-order valence-corrected chi connectivity index (χ3v) is 4.87. The Morgan fingerprint density at radius 2 is 1.71 bits per heavy atom. The summed E-state index contributed by atoms with van der Waals surface area (Å²) >= 11 is 0. The summed E-state index contributed by atoms with van der Waals surface area (Å²) in [4.78, 5) is 29.4. The maximum atomic E-state index is 13.1. The summed E-state index contributed by atoms with van der Waals surface area (Å²) in [5.74, 6) is -0.151. The first-order chi connectivity index (χ1) is 13.5. The molecule has 6 nitrogen and oxygen atoms in total. The van der Waals surface area contributed by atoms with Crippen molar-refractivity contribution in [1.82, 2.24) is 9.80 Å². The Hall–Kier alpha value is -2.70. The molecular weight excluding hydrogens is 354 g/mol. The number of carbonyl (C=O) groups excluding carboxylic acids is 2. The Bertz CT molecular complexity index is 786. The molecule has 148 valence electrons. The largest absolute Gasteiger partial charge is 0.378 e. The van der Waals surface area contributed by atoms with Crippen LogP contribution in [0.4, 0.5) is 5.69 Å². The molecule has 28 heavy (non-hydrogen) atoms. The molecule has 1 saturated heterocycles. The van der Waals surface area contributed by atoms with Gasteiger partial charge in [0.05, 0.1) is 19.8 Å². The molecule has 1 aliphatic heterocycles. The third-order valence-electron chi connectivity index (χ3n) is 4.87. The van der Waals surface area contributed by atoms with E-state index in [9.17, 15) is 9.59 Å². The summed E-state index contributed by atoms with van der Waals surface area (Å²) in [7, 11) is 1.81. The van der Waals surface area contributed by atoms with Crippen molar-refractivity contribution < 1.29 is 14.3 Å². The number of rotatable bonds is 6. The van der Waals surface area contributed by atoms with Crippen molar-refractivity contribution in [2.45, 2.75) is 13.0 Å². The molecule has 0 bridgehead atoms. The fourth-order valence-electron chi connectivity index (χ4n) is 3.31. The normalized spacial score (nSPS) is 15.3. The van der Waals surface area contributed by atoms with Gasteiger partial charge in [-0.25, -0.2) is 0 Å². The molecule has 3 rings (SSSR count). The fourth-order valence-corrected chi connectivity index (χ4v) is 3.31. The number of nitrogens with one attached hydrogen (secondary N) is 1. The van der Waals surface area contributed by atoms with Crippen LogP contribution >= 0.6 is 0 Å². The van der Waals surface area contributed by atoms with E-state index in [1.807, 2.05) is 68.6 Å². The van der Waals surface area contributed by atoms with Gasteiger partial charge in [-0.15, -0.1) is 0 Å². The molecule has 0 radical (unpaired) electrons. The lowest BCUT2D eigenvalue weighted by molar-refractivity contribution is -0.137. The smallest absolute Gasteiger partial charge is 0.246 e. The number of nitrogens with zero attached hydrogens (tertiary/aromatic N) is 2. The second kappa shape index (κ2) is 9.48. The number of ether oxygens (including phenoxy) is 1. The zero-order valence-corrected chi connectivity index (χ0v) is 16.4. The van der Waals surface area contributed by atoms with Crippen LogP contribution in [0.15, 0.2) is 54.6 Å². The summed E-state index contributed by atoms with van der Waals surface area (Å²) in [5.41, 5.74) is 2.72. The minimum atomic E-state index is -0.563. The van der Waals surface area contributed by atoms with E-state index < -0.39 is 6.04 Å². The standard InChI is InChI=1S/C22H27N3O3/c1-17-8-10-19(11-9-17)23-22(27)21(18-6-4-3-5-7-18)24(2)16-20(26)25-12-14-28-15-13-25/h3-11,21H,12-16H2,1-2H3,(H,23,27)/t21-/m1/s1. The summed E-state index contributed by atoms with van der Waals surface area (Å²) < 4.78 is 5.31. The van der Waals surface area contributed by atoms with Gasteiger partial charge in [0.25, 0.3) is 0 Å². The van der Waals surface area contributed by atoms with Crippen LogP contribution in [-0.4, -0.2) is 61.5 Å². The zero-order chi connectivity index (χ0) is 19.9. The van der Waals surface area contributed by atoms with Crippen molar-refractivity contribution in [1.29, 1.82) is 0 Å². The van der Waals surface area contributed by atoms with Crippen LogP contribution in [0.3, 0.4) is 0 Å². The molecule has 2 aromatic carbocycles. The molecule has 0 spiro atoms. The SMILES string of the molecule is Cc1ccc(NC(=O)[C@@H](c2ccccc2)N(C)CC(=O)N2CCOCC2)cc1. The maximum absolute atomic E-state index is 13.1. The topological polar surface area (TPSA) is 61.9 Å². The highest BCUT2D eigenvalue weighted by atomic mass is 16.5. The Labute approximate surface area is 166 Å². The van der Waals surface area contributed by atoms with E-state index in [1.165, 1.54) is 0 Å². The Morgan fingerprint density at radius 1 is 1.07 bits per heavy atom. The molecule has 6 heteroatoms. The summed E-state index contributed by atoms with van der Waals surface area (Å²) in [5, 5.41) is 2.98. The van der Waals surface area contributed by atoms with Crippen molar-refractivity contribution in [3.8, 4) is 0 Å². The van der Waals surface area contributed by atoms with Gasteiger partial charge in [0, 0.05) is 18.8 Å². The van der Waals surface area contributed by atoms with E-state index in [0.717, 1.165) is 16.8 Å². The van der Waals surface area contributed by atoms with Gasteiger partial charge in [-0.2, -0.15) is 0 Å². The monoisotopic (exact) mass is 381 g/mol. The van der Waals surface area contributed by atoms with E-state index >= 15 is 0 Å². The highest BCUT2D eigenvalue weighted by Crippen LogP contribution is 2.22. The molecule has 2 amide bonds. The maximum Gasteiger partial charge on any atom is 0.246 e. The van der Waals surface area contributed by atoms with Gasteiger partial charge >= 0.3 is 0 Å². The summed E-state index contributed by atoms with van der Waals surface area (Å²) in [6.45, 7) is 4.48.